The van der Waals surface area contributed by atoms with Crippen LogP contribution < -0.4 is 0 Å². The summed E-state index contributed by atoms with van der Waals surface area (Å²) in [5.74, 6) is -0.508. The molecule has 0 radical (unpaired) electrons. The average Bonchev–Trinajstić information content (AvgIpc) is 2.72. The van der Waals surface area contributed by atoms with E-state index in [-0.39, 0.29) is 5.78 Å². The fourth-order valence-corrected chi connectivity index (χ4v) is 3.09. The van der Waals surface area contributed by atoms with E-state index in [1.165, 1.54) is 0 Å². The van der Waals surface area contributed by atoms with E-state index in [9.17, 15) is 9.90 Å². The second kappa shape index (κ2) is 4.73. The van der Waals surface area contributed by atoms with Crippen molar-refractivity contribution in [1.82, 2.24) is 0 Å². The highest BCUT2D eigenvalue weighted by molar-refractivity contribution is 6.04. The highest BCUT2D eigenvalue weighted by atomic mass is 16.3. The number of aliphatic hydroxyl groups is 1. The summed E-state index contributed by atoms with van der Waals surface area (Å²) in [4.78, 5) is 12.6. The molecule has 0 aliphatic heterocycles. The van der Waals surface area contributed by atoms with Crippen molar-refractivity contribution in [3.63, 3.8) is 0 Å². The quantitative estimate of drug-likeness (QED) is 0.864. The Bertz CT molecular complexity index is 660. The van der Waals surface area contributed by atoms with Crippen LogP contribution in [-0.4, -0.2) is 10.9 Å². The molecule has 2 nitrogen and oxygen atoms in total. The minimum Gasteiger partial charge on any atom is -0.380 e. The van der Waals surface area contributed by atoms with Gasteiger partial charge in [0.05, 0.1) is 5.92 Å². The van der Waals surface area contributed by atoms with Gasteiger partial charge in [0.25, 0.3) is 0 Å². The standard InChI is InChI=1S/C18H16O2/c1-2-8-16-17(19)14-11-6-7-12-15(14)18(16,20)13-9-4-3-5-10-13/h2-7,9-12,16,20H,1,8H2/t16-,18+/m0/s1. The van der Waals surface area contributed by atoms with E-state index in [0.717, 1.165) is 5.56 Å². The van der Waals surface area contributed by atoms with Gasteiger partial charge in [-0.2, -0.15) is 0 Å². The van der Waals surface area contributed by atoms with Crippen LogP contribution in [0.1, 0.15) is 27.9 Å². The molecule has 2 atom stereocenters. The van der Waals surface area contributed by atoms with E-state index >= 15 is 0 Å². The molecular weight excluding hydrogens is 248 g/mol. The lowest BCUT2D eigenvalue weighted by molar-refractivity contribution is 0.0299. The summed E-state index contributed by atoms with van der Waals surface area (Å²) in [5, 5.41) is 11.3. The number of carbonyl (C=O) groups is 1. The summed E-state index contributed by atoms with van der Waals surface area (Å²) in [6, 6.07) is 16.7. The van der Waals surface area contributed by atoms with E-state index in [2.05, 4.69) is 6.58 Å². The Morgan fingerprint density at radius 2 is 1.75 bits per heavy atom. The normalized spacial score (nSPS) is 24.4. The molecule has 0 spiro atoms. The molecule has 2 aromatic rings. The monoisotopic (exact) mass is 264 g/mol. The Hall–Kier alpha value is -2.19. The molecule has 1 aliphatic rings. The molecular formula is C18H16O2. The Labute approximate surface area is 118 Å². The molecule has 0 bridgehead atoms. The van der Waals surface area contributed by atoms with E-state index < -0.39 is 11.5 Å². The highest BCUT2D eigenvalue weighted by Crippen LogP contribution is 2.47. The molecule has 3 rings (SSSR count). The number of allylic oxidation sites excluding steroid dienone is 1. The van der Waals surface area contributed by atoms with Gasteiger partial charge in [-0.1, -0.05) is 60.7 Å². The fourth-order valence-electron chi connectivity index (χ4n) is 3.09. The van der Waals surface area contributed by atoms with Crippen LogP contribution in [0.2, 0.25) is 0 Å². The third kappa shape index (κ3) is 1.65. The minimum absolute atomic E-state index is 0.00754. The number of fused-ring (bicyclic) bond motifs is 1. The van der Waals surface area contributed by atoms with Crippen LogP contribution in [-0.2, 0) is 5.60 Å². The smallest absolute Gasteiger partial charge is 0.170 e. The Morgan fingerprint density at radius 3 is 2.45 bits per heavy atom. The number of Topliss-reactive ketones (excluding diaryl/α,β-unsaturated/α-hetero) is 1. The van der Waals surface area contributed by atoms with E-state index in [0.29, 0.717) is 17.5 Å². The van der Waals surface area contributed by atoms with Gasteiger partial charge in [0.2, 0.25) is 0 Å². The summed E-state index contributed by atoms with van der Waals surface area (Å²) in [5.41, 5.74) is 0.808. The SMILES string of the molecule is C=CC[C@H]1C(=O)c2ccccc2[C@]1(O)c1ccccc1. The Morgan fingerprint density at radius 1 is 1.10 bits per heavy atom. The van der Waals surface area contributed by atoms with Gasteiger partial charge >= 0.3 is 0 Å². The van der Waals surface area contributed by atoms with E-state index in [1.54, 1.807) is 12.1 Å². The molecule has 0 saturated carbocycles. The zero-order chi connectivity index (χ0) is 14.2. The molecule has 2 aromatic carbocycles. The van der Waals surface area contributed by atoms with Gasteiger partial charge in [-0.05, 0) is 17.5 Å². The van der Waals surface area contributed by atoms with Crippen LogP contribution in [0.3, 0.4) is 0 Å². The second-order valence-corrected chi connectivity index (χ2v) is 5.12. The van der Waals surface area contributed by atoms with Crippen molar-refractivity contribution in [3.8, 4) is 0 Å². The molecule has 0 fully saturated rings. The van der Waals surface area contributed by atoms with Crippen molar-refractivity contribution in [1.29, 1.82) is 0 Å². The molecule has 0 unspecified atom stereocenters. The van der Waals surface area contributed by atoms with Crippen LogP contribution >= 0.6 is 0 Å². The van der Waals surface area contributed by atoms with Gasteiger partial charge in [0.15, 0.2) is 5.78 Å². The summed E-state index contributed by atoms with van der Waals surface area (Å²) in [6.45, 7) is 3.72. The van der Waals surface area contributed by atoms with E-state index in [4.69, 9.17) is 0 Å². The Balaban J connectivity index is 2.25. The molecule has 0 amide bonds. The molecule has 0 aromatic heterocycles. The van der Waals surface area contributed by atoms with Crippen molar-refractivity contribution < 1.29 is 9.90 Å². The summed E-state index contributed by atoms with van der Waals surface area (Å²) in [6.07, 6.45) is 2.15. The molecule has 20 heavy (non-hydrogen) atoms. The molecule has 0 heterocycles. The highest BCUT2D eigenvalue weighted by Gasteiger charge is 2.51. The maximum absolute atomic E-state index is 12.6. The third-order valence-electron chi connectivity index (χ3n) is 4.04. The zero-order valence-corrected chi connectivity index (χ0v) is 11.1. The van der Waals surface area contributed by atoms with Gasteiger partial charge in [-0.3, -0.25) is 4.79 Å². The number of rotatable bonds is 3. The topological polar surface area (TPSA) is 37.3 Å². The molecule has 1 N–H and O–H groups in total. The number of benzene rings is 2. The maximum Gasteiger partial charge on any atom is 0.170 e. The fraction of sp³-hybridized carbons (Fsp3) is 0.167. The first-order valence-electron chi connectivity index (χ1n) is 6.72. The van der Waals surface area contributed by atoms with Gasteiger partial charge < -0.3 is 5.11 Å². The lowest BCUT2D eigenvalue weighted by Crippen LogP contribution is -2.34. The zero-order valence-electron chi connectivity index (χ0n) is 11.1. The van der Waals surface area contributed by atoms with Crippen LogP contribution in [0.15, 0.2) is 67.3 Å². The lowest BCUT2D eigenvalue weighted by atomic mass is 9.79. The second-order valence-electron chi connectivity index (χ2n) is 5.12. The van der Waals surface area contributed by atoms with Gasteiger partial charge in [0.1, 0.15) is 5.60 Å². The van der Waals surface area contributed by atoms with Crippen molar-refractivity contribution in [2.75, 3.05) is 0 Å². The van der Waals surface area contributed by atoms with Gasteiger partial charge in [-0.25, -0.2) is 0 Å². The lowest BCUT2D eigenvalue weighted by Gasteiger charge is -2.30. The molecule has 1 aliphatic carbocycles. The van der Waals surface area contributed by atoms with E-state index in [1.807, 2.05) is 48.5 Å². The average molecular weight is 264 g/mol. The summed E-state index contributed by atoms with van der Waals surface area (Å²) < 4.78 is 0. The first-order chi connectivity index (χ1) is 9.69. The van der Waals surface area contributed by atoms with Crippen molar-refractivity contribution in [2.24, 2.45) is 5.92 Å². The minimum atomic E-state index is -1.26. The summed E-state index contributed by atoms with van der Waals surface area (Å²) >= 11 is 0. The molecule has 2 heteroatoms. The third-order valence-corrected chi connectivity index (χ3v) is 4.04. The largest absolute Gasteiger partial charge is 0.380 e. The van der Waals surface area contributed by atoms with Crippen LogP contribution in [0.5, 0.6) is 0 Å². The predicted molar refractivity (Wildman–Crippen MR) is 78.5 cm³/mol. The predicted octanol–water partition coefficient (Wildman–Crippen LogP) is 3.31. The van der Waals surface area contributed by atoms with Gasteiger partial charge in [-0.15, -0.1) is 6.58 Å². The Kier molecular flexibility index (Phi) is 3.03. The number of carbonyl (C=O) groups excluding carboxylic acids is 1. The number of hydrogen-bond donors (Lipinski definition) is 1. The van der Waals surface area contributed by atoms with Crippen LogP contribution in [0.25, 0.3) is 0 Å². The maximum atomic E-state index is 12.6. The van der Waals surface area contributed by atoms with Crippen molar-refractivity contribution in [2.45, 2.75) is 12.0 Å². The number of ketones is 1. The first-order valence-corrected chi connectivity index (χ1v) is 6.72. The molecule has 0 saturated heterocycles. The van der Waals surface area contributed by atoms with Crippen LogP contribution in [0, 0.1) is 5.92 Å². The number of hydrogen-bond acceptors (Lipinski definition) is 2. The summed E-state index contributed by atoms with van der Waals surface area (Å²) in [7, 11) is 0. The van der Waals surface area contributed by atoms with Crippen molar-refractivity contribution >= 4 is 5.78 Å². The molecule has 100 valence electrons. The van der Waals surface area contributed by atoms with Crippen LogP contribution in [0.4, 0.5) is 0 Å². The van der Waals surface area contributed by atoms with Crippen molar-refractivity contribution in [3.05, 3.63) is 83.9 Å². The van der Waals surface area contributed by atoms with Gasteiger partial charge in [0, 0.05) is 5.56 Å². The first kappa shape index (κ1) is 12.8.